The second-order valence-corrected chi connectivity index (χ2v) is 4.18. The maximum atomic E-state index is 11.5. The quantitative estimate of drug-likeness (QED) is 0.710. The molecule has 1 N–H and O–H groups in total. The minimum absolute atomic E-state index is 0.0133. The molecule has 1 aliphatic carbocycles. The molecule has 0 unspecified atom stereocenters. The van der Waals surface area contributed by atoms with E-state index in [1.807, 2.05) is 0 Å². The molecule has 90 valence electrons. The number of carbonyl (C=O) groups excluding carboxylic acids is 2. The van der Waals surface area contributed by atoms with Gasteiger partial charge < -0.3 is 10.2 Å². The number of rotatable bonds is 5. The number of nitrogens with one attached hydrogen (secondary N) is 1. The van der Waals surface area contributed by atoms with E-state index in [1.54, 1.807) is 11.0 Å². The molecule has 0 aliphatic heterocycles. The number of nitrogens with zero attached hydrogens (tertiary/aromatic N) is 1. The third-order valence-electron chi connectivity index (χ3n) is 2.93. The molecule has 0 aromatic rings. The van der Waals surface area contributed by atoms with Gasteiger partial charge in [-0.05, 0) is 12.8 Å². The van der Waals surface area contributed by atoms with Crippen LogP contribution in [0.25, 0.3) is 0 Å². The Morgan fingerprint density at radius 2 is 2.06 bits per heavy atom. The Morgan fingerprint density at radius 3 is 2.56 bits per heavy atom. The van der Waals surface area contributed by atoms with Crippen LogP contribution in [0.5, 0.6) is 0 Å². The van der Waals surface area contributed by atoms with Crippen LogP contribution >= 0.6 is 0 Å². The largest absolute Gasteiger partial charge is 0.351 e. The summed E-state index contributed by atoms with van der Waals surface area (Å²) >= 11 is 0. The highest BCUT2D eigenvalue weighted by Crippen LogP contribution is 2.23. The van der Waals surface area contributed by atoms with Gasteiger partial charge in [0, 0.05) is 19.5 Å². The van der Waals surface area contributed by atoms with Gasteiger partial charge in [-0.25, -0.2) is 0 Å². The summed E-state index contributed by atoms with van der Waals surface area (Å²) in [6.45, 7) is 5.68. The maximum Gasteiger partial charge on any atom is 0.239 e. The topological polar surface area (TPSA) is 49.4 Å². The van der Waals surface area contributed by atoms with E-state index >= 15 is 0 Å². The van der Waals surface area contributed by atoms with Gasteiger partial charge in [0.05, 0.1) is 6.54 Å². The lowest BCUT2D eigenvalue weighted by atomic mass is 10.2. The number of hydrogen-bond acceptors (Lipinski definition) is 2. The van der Waals surface area contributed by atoms with Gasteiger partial charge in [-0.2, -0.15) is 0 Å². The zero-order chi connectivity index (χ0) is 12.0. The fourth-order valence-corrected chi connectivity index (χ4v) is 2.11. The molecule has 0 saturated heterocycles. The van der Waals surface area contributed by atoms with Crippen LogP contribution in [0, 0.1) is 0 Å². The maximum absolute atomic E-state index is 11.5. The molecule has 1 rings (SSSR count). The predicted molar refractivity (Wildman–Crippen MR) is 62.8 cm³/mol. The fraction of sp³-hybridized carbons (Fsp3) is 0.667. The standard InChI is InChI=1S/C12H20N2O2/c1-3-8-13-12(16)9-14(10(2)15)11-6-4-5-7-11/h3,11H,1,4-9H2,2H3,(H,13,16). The van der Waals surface area contributed by atoms with E-state index in [0.717, 1.165) is 25.7 Å². The molecule has 2 amide bonds. The van der Waals surface area contributed by atoms with E-state index in [0.29, 0.717) is 6.54 Å². The monoisotopic (exact) mass is 224 g/mol. The Bertz CT molecular complexity index is 270. The van der Waals surface area contributed by atoms with Crippen molar-refractivity contribution in [2.45, 2.75) is 38.6 Å². The summed E-state index contributed by atoms with van der Waals surface area (Å²) in [5.41, 5.74) is 0. The van der Waals surface area contributed by atoms with Crippen LogP contribution < -0.4 is 5.32 Å². The minimum atomic E-state index is -0.109. The highest BCUT2D eigenvalue weighted by atomic mass is 16.2. The highest BCUT2D eigenvalue weighted by Gasteiger charge is 2.25. The summed E-state index contributed by atoms with van der Waals surface area (Å²) in [5, 5.41) is 2.69. The number of hydrogen-bond donors (Lipinski definition) is 1. The van der Waals surface area contributed by atoms with Gasteiger partial charge in [0.2, 0.25) is 11.8 Å². The highest BCUT2D eigenvalue weighted by molar-refractivity contribution is 5.84. The average molecular weight is 224 g/mol. The molecule has 0 bridgehead atoms. The van der Waals surface area contributed by atoms with Crippen molar-refractivity contribution in [1.29, 1.82) is 0 Å². The molecule has 1 fully saturated rings. The molecule has 0 spiro atoms. The molecule has 1 aliphatic rings. The second kappa shape index (κ2) is 6.30. The van der Waals surface area contributed by atoms with Gasteiger partial charge in [0.1, 0.15) is 0 Å². The Labute approximate surface area is 96.7 Å². The molecule has 0 aromatic heterocycles. The van der Waals surface area contributed by atoms with Crippen molar-refractivity contribution in [2.24, 2.45) is 0 Å². The average Bonchev–Trinajstić information content (AvgIpc) is 2.75. The van der Waals surface area contributed by atoms with Crippen LogP contribution in [0.2, 0.25) is 0 Å². The number of carbonyl (C=O) groups is 2. The summed E-state index contributed by atoms with van der Waals surface area (Å²) in [7, 11) is 0. The van der Waals surface area contributed by atoms with Crippen molar-refractivity contribution >= 4 is 11.8 Å². The number of amides is 2. The van der Waals surface area contributed by atoms with Gasteiger partial charge in [-0.3, -0.25) is 9.59 Å². The lowest BCUT2D eigenvalue weighted by Crippen LogP contribution is -2.44. The van der Waals surface area contributed by atoms with Crippen LogP contribution in [0.4, 0.5) is 0 Å². The lowest BCUT2D eigenvalue weighted by Gasteiger charge is -2.27. The summed E-state index contributed by atoms with van der Waals surface area (Å²) in [5.74, 6) is -0.123. The van der Waals surface area contributed by atoms with E-state index in [-0.39, 0.29) is 24.4 Å². The van der Waals surface area contributed by atoms with E-state index < -0.39 is 0 Å². The van der Waals surface area contributed by atoms with E-state index in [4.69, 9.17) is 0 Å². The lowest BCUT2D eigenvalue weighted by molar-refractivity contribution is -0.136. The molecule has 4 nitrogen and oxygen atoms in total. The molecular formula is C12H20N2O2. The summed E-state index contributed by atoms with van der Waals surface area (Å²) < 4.78 is 0. The van der Waals surface area contributed by atoms with Crippen molar-refractivity contribution in [2.75, 3.05) is 13.1 Å². The van der Waals surface area contributed by atoms with Crippen LogP contribution in [-0.4, -0.2) is 35.8 Å². The zero-order valence-corrected chi connectivity index (χ0v) is 9.87. The molecule has 16 heavy (non-hydrogen) atoms. The molecule has 0 atom stereocenters. The van der Waals surface area contributed by atoms with Gasteiger partial charge in [0.25, 0.3) is 0 Å². The van der Waals surface area contributed by atoms with Gasteiger partial charge in [-0.15, -0.1) is 6.58 Å². The normalized spacial score (nSPS) is 15.8. The van der Waals surface area contributed by atoms with Gasteiger partial charge >= 0.3 is 0 Å². The van der Waals surface area contributed by atoms with E-state index in [1.165, 1.54) is 6.92 Å². The smallest absolute Gasteiger partial charge is 0.239 e. The van der Waals surface area contributed by atoms with Crippen molar-refractivity contribution in [1.82, 2.24) is 10.2 Å². The van der Waals surface area contributed by atoms with E-state index in [9.17, 15) is 9.59 Å². The fourth-order valence-electron chi connectivity index (χ4n) is 2.11. The van der Waals surface area contributed by atoms with Crippen molar-refractivity contribution in [3.05, 3.63) is 12.7 Å². The summed E-state index contributed by atoms with van der Waals surface area (Å²) in [6, 6.07) is 0.256. The second-order valence-electron chi connectivity index (χ2n) is 4.18. The third kappa shape index (κ3) is 3.68. The first-order valence-corrected chi connectivity index (χ1v) is 5.80. The van der Waals surface area contributed by atoms with Gasteiger partial charge in [0.15, 0.2) is 0 Å². The van der Waals surface area contributed by atoms with Crippen molar-refractivity contribution in [3.63, 3.8) is 0 Å². The Hall–Kier alpha value is -1.32. The Kier molecular flexibility index (Phi) is 5.02. The first kappa shape index (κ1) is 12.7. The Morgan fingerprint density at radius 1 is 1.44 bits per heavy atom. The van der Waals surface area contributed by atoms with Crippen molar-refractivity contribution in [3.8, 4) is 0 Å². The summed E-state index contributed by atoms with van der Waals surface area (Å²) in [4.78, 5) is 24.7. The summed E-state index contributed by atoms with van der Waals surface area (Å²) in [6.07, 6.45) is 5.99. The molecular weight excluding hydrogens is 204 g/mol. The minimum Gasteiger partial charge on any atom is -0.351 e. The Balaban J connectivity index is 2.47. The van der Waals surface area contributed by atoms with Crippen molar-refractivity contribution < 1.29 is 9.59 Å². The van der Waals surface area contributed by atoms with Crippen LogP contribution in [0.1, 0.15) is 32.6 Å². The zero-order valence-electron chi connectivity index (χ0n) is 9.87. The molecule has 1 saturated carbocycles. The first-order valence-electron chi connectivity index (χ1n) is 5.80. The van der Waals surface area contributed by atoms with Crippen LogP contribution in [0.3, 0.4) is 0 Å². The van der Waals surface area contributed by atoms with Crippen LogP contribution in [0.15, 0.2) is 12.7 Å². The molecule has 4 heteroatoms. The molecule has 0 heterocycles. The SMILES string of the molecule is C=CCNC(=O)CN(C(C)=O)C1CCCC1. The van der Waals surface area contributed by atoms with E-state index in [2.05, 4.69) is 11.9 Å². The third-order valence-corrected chi connectivity index (χ3v) is 2.93. The molecule has 0 aromatic carbocycles. The first-order chi connectivity index (χ1) is 7.65. The van der Waals surface area contributed by atoms with Crippen LogP contribution in [-0.2, 0) is 9.59 Å². The van der Waals surface area contributed by atoms with Gasteiger partial charge in [-0.1, -0.05) is 18.9 Å². The molecule has 0 radical (unpaired) electrons. The predicted octanol–water partition coefficient (Wildman–Crippen LogP) is 1.08.